The Bertz CT molecular complexity index is 645. The molecule has 25 heavy (non-hydrogen) atoms. The van der Waals surface area contributed by atoms with Crippen LogP contribution in [0.15, 0.2) is 4.42 Å². The molecule has 2 amide bonds. The van der Waals surface area contributed by atoms with Gasteiger partial charge in [-0.25, -0.2) is 4.98 Å². The Morgan fingerprint density at radius 1 is 1.24 bits per heavy atom. The first-order chi connectivity index (χ1) is 11.8. The number of aromatic nitrogens is 1. The molecule has 2 aliphatic heterocycles. The normalized spacial score (nSPS) is 24.1. The van der Waals surface area contributed by atoms with Gasteiger partial charge in [0.1, 0.15) is 5.76 Å². The molecule has 1 aromatic rings. The molecule has 0 unspecified atom stereocenters. The molecule has 0 bridgehead atoms. The maximum Gasteiger partial charge on any atom is 0.309 e. The molecule has 1 fully saturated rings. The Morgan fingerprint density at radius 3 is 2.56 bits per heavy atom. The number of carbonyl (C=O) groups excluding carboxylic acids is 2. The van der Waals surface area contributed by atoms with E-state index in [0.717, 1.165) is 37.5 Å². The summed E-state index contributed by atoms with van der Waals surface area (Å²) in [5.74, 6) is 1.96. The lowest BCUT2D eigenvalue weighted by Crippen LogP contribution is -2.42. The summed E-state index contributed by atoms with van der Waals surface area (Å²) >= 11 is 0. The summed E-state index contributed by atoms with van der Waals surface area (Å²) in [6, 6.07) is 0. The molecule has 0 N–H and O–H groups in total. The maximum atomic E-state index is 12.8. The first kappa shape index (κ1) is 17.9. The number of piperidine rings is 1. The van der Waals surface area contributed by atoms with E-state index in [0.29, 0.717) is 31.3 Å². The second-order valence-electron chi connectivity index (χ2n) is 7.79. The highest BCUT2D eigenvalue weighted by molar-refractivity contribution is 5.89. The fourth-order valence-corrected chi connectivity index (χ4v) is 3.78. The van der Waals surface area contributed by atoms with Crippen LogP contribution >= 0.6 is 0 Å². The average Bonchev–Trinajstić information content (AvgIpc) is 2.96. The van der Waals surface area contributed by atoms with Crippen molar-refractivity contribution >= 4 is 11.8 Å². The van der Waals surface area contributed by atoms with Crippen molar-refractivity contribution in [2.75, 3.05) is 40.3 Å². The summed E-state index contributed by atoms with van der Waals surface area (Å²) in [4.78, 5) is 34.6. The molecule has 1 saturated heterocycles. The van der Waals surface area contributed by atoms with E-state index in [1.165, 1.54) is 0 Å². The Balaban J connectivity index is 1.67. The summed E-state index contributed by atoms with van der Waals surface area (Å²) in [6.07, 6.45) is 1.84. The molecule has 0 spiro atoms. The Labute approximate surface area is 149 Å². The van der Waals surface area contributed by atoms with Gasteiger partial charge < -0.3 is 14.2 Å². The Morgan fingerprint density at radius 2 is 1.92 bits per heavy atom. The lowest BCUT2D eigenvalue weighted by molar-refractivity contribution is -0.130. The predicted octanol–water partition coefficient (Wildman–Crippen LogP) is 1.24. The number of hydrogen-bond donors (Lipinski definition) is 0. The van der Waals surface area contributed by atoms with E-state index in [9.17, 15) is 9.59 Å². The third-order valence-corrected chi connectivity index (χ3v) is 5.00. The third-order valence-electron chi connectivity index (χ3n) is 5.00. The van der Waals surface area contributed by atoms with Gasteiger partial charge in [-0.1, -0.05) is 13.8 Å². The lowest BCUT2D eigenvalue weighted by Gasteiger charge is -2.34. The fourth-order valence-electron chi connectivity index (χ4n) is 3.78. The standard InChI is InChI=1S/C18H28N4O3/c1-12-7-13(2)9-22(8-12)18(24)17-19-14-10-21(6-5-15(14)25-17)11-16(23)20(3)4/h12-13H,5-11H2,1-4H3/t12-,13-/m1/s1. The van der Waals surface area contributed by atoms with E-state index in [1.54, 1.807) is 19.0 Å². The van der Waals surface area contributed by atoms with Crippen LogP contribution in [0.2, 0.25) is 0 Å². The smallest absolute Gasteiger partial charge is 0.309 e. The van der Waals surface area contributed by atoms with E-state index >= 15 is 0 Å². The lowest BCUT2D eigenvalue weighted by atomic mass is 9.92. The van der Waals surface area contributed by atoms with Crippen LogP contribution in [-0.4, -0.2) is 71.8 Å². The largest absolute Gasteiger partial charge is 0.437 e. The van der Waals surface area contributed by atoms with Gasteiger partial charge in [-0.2, -0.15) is 0 Å². The molecule has 1 aromatic heterocycles. The van der Waals surface area contributed by atoms with Gasteiger partial charge in [0.05, 0.1) is 12.2 Å². The number of amides is 2. The monoisotopic (exact) mass is 348 g/mol. The molecule has 3 rings (SSSR count). The van der Waals surface area contributed by atoms with Crippen molar-refractivity contribution in [2.45, 2.75) is 33.2 Å². The first-order valence-electron chi connectivity index (χ1n) is 9.03. The number of carbonyl (C=O) groups is 2. The van der Waals surface area contributed by atoms with Crippen LogP contribution in [0.25, 0.3) is 0 Å². The number of likely N-dealkylation sites (tertiary alicyclic amines) is 1. The number of rotatable bonds is 3. The summed E-state index contributed by atoms with van der Waals surface area (Å²) in [5, 5.41) is 0. The number of oxazole rings is 1. The Kier molecular flexibility index (Phi) is 5.13. The quantitative estimate of drug-likeness (QED) is 0.822. The molecule has 0 saturated carbocycles. The van der Waals surface area contributed by atoms with Crippen molar-refractivity contribution in [3.8, 4) is 0 Å². The second kappa shape index (κ2) is 7.15. The predicted molar refractivity (Wildman–Crippen MR) is 93.0 cm³/mol. The summed E-state index contributed by atoms with van der Waals surface area (Å²) in [5.41, 5.74) is 0.791. The zero-order valence-corrected chi connectivity index (χ0v) is 15.6. The third kappa shape index (κ3) is 4.03. The molecule has 7 heteroatoms. The van der Waals surface area contributed by atoms with E-state index in [2.05, 4.69) is 18.8 Å². The van der Waals surface area contributed by atoms with Gasteiger partial charge in [0.15, 0.2) is 0 Å². The topological polar surface area (TPSA) is 69.9 Å². The zero-order chi connectivity index (χ0) is 18.1. The Hall–Kier alpha value is -1.89. The zero-order valence-electron chi connectivity index (χ0n) is 15.6. The van der Waals surface area contributed by atoms with Gasteiger partial charge in [-0.05, 0) is 18.3 Å². The molecule has 0 aliphatic carbocycles. The highest BCUT2D eigenvalue weighted by Crippen LogP contribution is 2.24. The summed E-state index contributed by atoms with van der Waals surface area (Å²) in [7, 11) is 3.51. The van der Waals surface area contributed by atoms with Crippen LogP contribution in [0.1, 0.15) is 42.4 Å². The molecule has 2 aliphatic rings. The minimum absolute atomic E-state index is 0.0690. The van der Waals surface area contributed by atoms with Crippen LogP contribution in [0.3, 0.4) is 0 Å². The van der Waals surface area contributed by atoms with Crippen LogP contribution in [0.5, 0.6) is 0 Å². The van der Waals surface area contributed by atoms with Gasteiger partial charge in [0, 0.05) is 46.7 Å². The second-order valence-corrected chi connectivity index (χ2v) is 7.79. The molecule has 2 atom stereocenters. The maximum absolute atomic E-state index is 12.8. The van der Waals surface area contributed by atoms with Gasteiger partial charge in [-0.15, -0.1) is 0 Å². The van der Waals surface area contributed by atoms with Crippen molar-refractivity contribution in [3.63, 3.8) is 0 Å². The van der Waals surface area contributed by atoms with Crippen molar-refractivity contribution in [3.05, 3.63) is 17.3 Å². The van der Waals surface area contributed by atoms with E-state index in [-0.39, 0.29) is 17.7 Å². The van der Waals surface area contributed by atoms with Crippen LogP contribution in [0.4, 0.5) is 0 Å². The molecular formula is C18H28N4O3. The first-order valence-corrected chi connectivity index (χ1v) is 9.03. The van der Waals surface area contributed by atoms with Crippen molar-refractivity contribution in [1.29, 1.82) is 0 Å². The molecule has 138 valence electrons. The number of hydrogen-bond acceptors (Lipinski definition) is 5. The highest BCUT2D eigenvalue weighted by Gasteiger charge is 2.31. The van der Waals surface area contributed by atoms with Gasteiger partial charge >= 0.3 is 5.91 Å². The number of likely N-dealkylation sites (N-methyl/N-ethyl adjacent to an activating group) is 1. The number of fused-ring (bicyclic) bond motifs is 1. The van der Waals surface area contributed by atoms with Crippen molar-refractivity contribution in [1.82, 2.24) is 19.7 Å². The number of nitrogens with zero attached hydrogens (tertiary/aromatic N) is 4. The fraction of sp³-hybridized carbons (Fsp3) is 0.722. The minimum atomic E-state index is -0.108. The molecule has 0 radical (unpaired) electrons. The summed E-state index contributed by atoms with van der Waals surface area (Å²) < 4.78 is 5.77. The minimum Gasteiger partial charge on any atom is -0.437 e. The summed E-state index contributed by atoms with van der Waals surface area (Å²) in [6.45, 7) is 7.54. The van der Waals surface area contributed by atoms with Crippen LogP contribution < -0.4 is 0 Å². The van der Waals surface area contributed by atoms with Crippen molar-refractivity contribution in [2.24, 2.45) is 11.8 Å². The molecule has 3 heterocycles. The SMILES string of the molecule is C[C@@H]1C[C@@H](C)CN(C(=O)c2nc3c(o2)CCN(CC(=O)N(C)C)C3)C1. The van der Waals surface area contributed by atoms with Gasteiger partial charge in [-0.3, -0.25) is 14.5 Å². The van der Waals surface area contributed by atoms with Gasteiger partial charge in [0.25, 0.3) is 5.89 Å². The van der Waals surface area contributed by atoms with Gasteiger partial charge in [0.2, 0.25) is 5.91 Å². The van der Waals surface area contributed by atoms with E-state index in [4.69, 9.17) is 4.42 Å². The highest BCUT2D eigenvalue weighted by atomic mass is 16.4. The van der Waals surface area contributed by atoms with E-state index in [1.807, 2.05) is 9.80 Å². The molecular weight excluding hydrogens is 320 g/mol. The average molecular weight is 348 g/mol. The van der Waals surface area contributed by atoms with Crippen LogP contribution in [0, 0.1) is 11.8 Å². The van der Waals surface area contributed by atoms with Crippen LogP contribution in [-0.2, 0) is 17.8 Å². The molecule has 7 nitrogen and oxygen atoms in total. The van der Waals surface area contributed by atoms with E-state index < -0.39 is 0 Å². The molecule has 0 aromatic carbocycles. The van der Waals surface area contributed by atoms with Crippen molar-refractivity contribution < 1.29 is 14.0 Å².